The summed E-state index contributed by atoms with van der Waals surface area (Å²) >= 11 is 0. The molecule has 18 heavy (non-hydrogen) atoms. The Morgan fingerprint density at radius 3 is 3.00 bits per heavy atom. The second-order valence-corrected chi connectivity index (χ2v) is 4.04. The molecule has 5 heteroatoms. The van der Waals surface area contributed by atoms with Crippen LogP contribution in [0.4, 0.5) is 0 Å². The lowest BCUT2D eigenvalue weighted by Crippen LogP contribution is -2.26. The number of carbonyl (C=O) groups is 2. The first-order chi connectivity index (χ1) is 8.65. The van der Waals surface area contributed by atoms with Gasteiger partial charge < -0.3 is 14.2 Å². The van der Waals surface area contributed by atoms with E-state index in [1.165, 1.54) is 0 Å². The average molecular weight is 250 g/mol. The zero-order valence-electron chi connectivity index (χ0n) is 10.0. The Morgan fingerprint density at radius 1 is 1.50 bits per heavy atom. The quantitative estimate of drug-likeness (QED) is 0.752. The number of rotatable bonds is 4. The van der Waals surface area contributed by atoms with Gasteiger partial charge in [-0.2, -0.15) is 0 Å². The van der Waals surface area contributed by atoms with Gasteiger partial charge in [-0.05, 0) is 24.6 Å². The summed E-state index contributed by atoms with van der Waals surface area (Å²) in [6.45, 7) is 2.02. The van der Waals surface area contributed by atoms with Crippen LogP contribution in [0, 0.1) is 6.92 Å². The van der Waals surface area contributed by atoms with E-state index in [-0.39, 0.29) is 6.61 Å². The van der Waals surface area contributed by atoms with Crippen molar-refractivity contribution in [2.24, 2.45) is 0 Å². The number of cyclic esters (lactones) is 1. The molecule has 1 aromatic carbocycles. The van der Waals surface area contributed by atoms with Crippen molar-refractivity contribution in [1.82, 2.24) is 0 Å². The third-order valence-corrected chi connectivity index (χ3v) is 2.51. The van der Waals surface area contributed by atoms with E-state index in [0.29, 0.717) is 18.8 Å². The first-order valence-electron chi connectivity index (χ1n) is 5.71. The van der Waals surface area contributed by atoms with Crippen LogP contribution >= 0.6 is 0 Å². The second kappa shape index (κ2) is 5.53. The minimum atomic E-state index is -0.779. The molecule has 0 amide bonds. The maximum absolute atomic E-state index is 11.4. The van der Waals surface area contributed by atoms with Gasteiger partial charge >= 0.3 is 11.9 Å². The Kier molecular flexibility index (Phi) is 3.82. The highest BCUT2D eigenvalue weighted by atomic mass is 16.6. The summed E-state index contributed by atoms with van der Waals surface area (Å²) in [6.07, 6.45) is -0.367. The van der Waals surface area contributed by atoms with Gasteiger partial charge in [-0.3, -0.25) is 0 Å². The maximum atomic E-state index is 11.4. The lowest BCUT2D eigenvalue weighted by molar-refractivity contribution is -0.161. The number of carbonyl (C=O) groups excluding carboxylic acids is 2. The van der Waals surface area contributed by atoms with Crippen molar-refractivity contribution in [2.75, 3.05) is 13.2 Å². The topological polar surface area (TPSA) is 61.8 Å². The van der Waals surface area contributed by atoms with Gasteiger partial charge in [-0.1, -0.05) is 12.1 Å². The molecule has 0 saturated carbocycles. The third kappa shape index (κ3) is 3.23. The molecule has 0 unspecified atom stereocenters. The van der Waals surface area contributed by atoms with Crippen molar-refractivity contribution >= 4 is 11.9 Å². The maximum Gasteiger partial charge on any atom is 0.347 e. The summed E-state index contributed by atoms with van der Waals surface area (Å²) in [6, 6.07) is 7.34. The smallest absolute Gasteiger partial charge is 0.347 e. The van der Waals surface area contributed by atoms with E-state index in [1.54, 1.807) is 6.07 Å². The minimum absolute atomic E-state index is 0.215. The number of aryl methyl sites for hydroxylation is 1. The standard InChI is InChI=1S/C13H14O5/c1-9-3-2-4-10(7-9)17-8-12(14)18-11-5-6-16-13(11)15/h2-4,7,11H,5-6,8H2,1H3/t11-/m0/s1. The zero-order valence-corrected chi connectivity index (χ0v) is 10.0. The summed E-state index contributed by atoms with van der Waals surface area (Å²) in [5, 5.41) is 0. The van der Waals surface area contributed by atoms with E-state index in [4.69, 9.17) is 9.47 Å². The minimum Gasteiger partial charge on any atom is -0.482 e. The van der Waals surface area contributed by atoms with Gasteiger partial charge in [0, 0.05) is 6.42 Å². The van der Waals surface area contributed by atoms with E-state index < -0.39 is 18.0 Å². The highest BCUT2D eigenvalue weighted by Gasteiger charge is 2.30. The molecule has 0 aliphatic carbocycles. The summed E-state index contributed by atoms with van der Waals surface area (Å²) in [4.78, 5) is 22.5. The lowest BCUT2D eigenvalue weighted by Gasteiger charge is -2.09. The van der Waals surface area contributed by atoms with Crippen LogP contribution in [0.1, 0.15) is 12.0 Å². The highest BCUT2D eigenvalue weighted by Crippen LogP contribution is 2.13. The van der Waals surface area contributed by atoms with Crippen molar-refractivity contribution in [3.8, 4) is 5.75 Å². The molecule has 0 N–H and O–H groups in total. The van der Waals surface area contributed by atoms with Crippen LogP contribution in [0.3, 0.4) is 0 Å². The van der Waals surface area contributed by atoms with Crippen LogP contribution in [0.2, 0.25) is 0 Å². The summed E-state index contributed by atoms with van der Waals surface area (Å²) < 4.78 is 14.9. The molecule has 0 aromatic heterocycles. The SMILES string of the molecule is Cc1cccc(OCC(=O)O[C@H]2CCOC2=O)c1. The van der Waals surface area contributed by atoms with Crippen LogP contribution in [-0.4, -0.2) is 31.3 Å². The summed E-state index contributed by atoms with van der Waals surface area (Å²) in [5.74, 6) is -0.458. The van der Waals surface area contributed by atoms with E-state index in [0.717, 1.165) is 5.56 Å². The van der Waals surface area contributed by atoms with Crippen LogP contribution in [0.5, 0.6) is 5.75 Å². The van der Waals surface area contributed by atoms with Crippen LogP contribution in [0.25, 0.3) is 0 Å². The fourth-order valence-corrected chi connectivity index (χ4v) is 1.62. The summed E-state index contributed by atoms with van der Waals surface area (Å²) in [5.41, 5.74) is 1.04. The molecule has 1 atom stereocenters. The molecule has 1 fully saturated rings. The Hall–Kier alpha value is -2.04. The molecular formula is C13H14O5. The predicted molar refractivity (Wildman–Crippen MR) is 62.1 cm³/mol. The highest BCUT2D eigenvalue weighted by molar-refractivity contribution is 5.81. The van der Waals surface area contributed by atoms with Crippen LogP contribution < -0.4 is 4.74 Å². The number of hydrogen-bond donors (Lipinski definition) is 0. The van der Waals surface area contributed by atoms with E-state index >= 15 is 0 Å². The van der Waals surface area contributed by atoms with Gasteiger partial charge in [0.1, 0.15) is 5.75 Å². The normalized spacial score (nSPS) is 18.3. The first-order valence-corrected chi connectivity index (χ1v) is 5.71. The Morgan fingerprint density at radius 2 is 2.33 bits per heavy atom. The van der Waals surface area contributed by atoms with E-state index in [2.05, 4.69) is 4.74 Å². The molecule has 1 aromatic rings. The molecule has 96 valence electrons. The van der Waals surface area contributed by atoms with Crippen molar-refractivity contribution in [1.29, 1.82) is 0 Å². The van der Waals surface area contributed by atoms with Crippen molar-refractivity contribution in [3.63, 3.8) is 0 Å². The molecule has 0 radical (unpaired) electrons. The molecule has 1 heterocycles. The fraction of sp³-hybridized carbons (Fsp3) is 0.385. The largest absolute Gasteiger partial charge is 0.482 e. The summed E-state index contributed by atoms with van der Waals surface area (Å²) in [7, 11) is 0. The number of ether oxygens (including phenoxy) is 3. The number of esters is 2. The molecule has 5 nitrogen and oxygen atoms in total. The molecule has 0 bridgehead atoms. The third-order valence-electron chi connectivity index (χ3n) is 2.51. The van der Waals surface area contributed by atoms with Crippen molar-refractivity contribution in [3.05, 3.63) is 29.8 Å². The molecule has 2 rings (SSSR count). The van der Waals surface area contributed by atoms with Gasteiger partial charge in [0.15, 0.2) is 6.61 Å². The Labute approximate surface area is 105 Å². The van der Waals surface area contributed by atoms with Crippen molar-refractivity contribution in [2.45, 2.75) is 19.4 Å². The molecular weight excluding hydrogens is 236 g/mol. The van der Waals surface area contributed by atoms with Crippen LogP contribution in [0.15, 0.2) is 24.3 Å². The average Bonchev–Trinajstić information content (AvgIpc) is 2.73. The number of hydrogen-bond acceptors (Lipinski definition) is 5. The first kappa shape index (κ1) is 12.4. The molecule has 0 spiro atoms. The van der Waals surface area contributed by atoms with E-state index in [9.17, 15) is 9.59 Å². The van der Waals surface area contributed by atoms with Gasteiger partial charge in [-0.15, -0.1) is 0 Å². The monoisotopic (exact) mass is 250 g/mol. The van der Waals surface area contributed by atoms with Gasteiger partial charge in [0.25, 0.3) is 0 Å². The fourth-order valence-electron chi connectivity index (χ4n) is 1.62. The zero-order chi connectivity index (χ0) is 13.0. The van der Waals surface area contributed by atoms with Crippen molar-refractivity contribution < 1.29 is 23.8 Å². The number of benzene rings is 1. The Bertz CT molecular complexity index is 454. The predicted octanol–water partition coefficient (Wildman–Crippen LogP) is 1.23. The van der Waals surface area contributed by atoms with Gasteiger partial charge in [0.2, 0.25) is 6.10 Å². The molecule has 1 aliphatic heterocycles. The molecule has 1 aliphatic rings. The van der Waals surface area contributed by atoms with Crippen LogP contribution in [-0.2, 0) is 19.1 Å². The Balaban J connectivity index is 1.79. The van der Waals surface area contributed by atoms with E-state index in [1.807, 2.05) is 25.1 Å². The van der Waals surface area contributed by atoms with Gasteiger partial charge in [0.05, 0.1) is 6.61 Å². The van der Waals surface area contributed by atoms with Gasteiger partial charge in [-0.25, -0.2) is 9.59 Å². The second-order valence-electron chi connectivity index (χ2n) is 4.04. The molecule has 1 saturated heterocycles. The lowest BCUT2D eigenvalue weighted by atomic mass is 10.2.